The first-order valence-electron chi connectivity index (χ1n) is 13.6. The van der Waals surface area contributed by atoms with E-state index in [1.807, 2.05) is 0 Å². The number of carbonyl (C=O) groups is 1. The Hall–Kier alpha value is -1.81. The second kappa shape index (κ2) is 4.88. The Morgan fingerprint density at radius 2 is 2.33 bits per heavy atom. The number of hydrogen-bond acceptors (Lipinski definition) is 3. The molecule has 0 amide bonds. The lowest BCUT2D eigenvalue weighted by molar-refractivity contribution is -0.000258. The molecule has 4 rings (SSSR count). The highest BCUT2D eigenvalue weighted by Gasteiger charge is 2.40. The molecule has 0 spiro atoms. The molecule has 4 nitrogen and oxygen atoms in total. The normalized spacial score (nSPS) is 60.1. The molecule has 1 aromatic heterocycles. The minimum atomic E-state index is -4.06. The molecule has 21 heavy (non-hydrogen) atoms. The van der Waals surface area contributed by atoms with E-state index >= 15 is 0 Å². The van der Waals surface area contributed by atoms with E-state index in [0.717, 1.165) is 6.20 Å². The number of piperidine rings is 1. The van der Waals surface area contributed by atoms with Gasteiger partial charge in [-0.15, -0.1) is 0 Å². The molecule has 4 heteroatoms. The zero-order valence-corrected chi connectivity index (χ0v) is 10.6. The molecule has 2 aromatic rings. The number of hydrogen-bond donors (Lipinski definition) is 1. The molecule has 0 radical (unpaired) electrons. The number of fused-ring (bicyclic) bond motifs is 3. The molecule has 2 fully saturated rings. The van der Waals surface area contributed by atoms with Gasteiger partial charge in [0.05, 0.1) is 8.30 Å². The molecule has 0 saturated carbocycles. The van der Waals surface area contributed by atoms with Crippen LogP contribution >= 0.6 is 0 Å². The molecule has 2 aliphatic rings. The molecule has 1 N–H and O–H groups in total. The van der Waals surface area contributed by atoms with Gasteiger partial charge in [0.2, 0.25) is 0 Å². The summed E-state index contributed by atoms with van der Waals surface area (Å²) in [4.78, 5) is 15.3. The molecule has 3 heterocycles. The summed E-state index contributed by atoms with van der Waals surface area (Å²) >= 11 is 0. The average molecular weight is 299 g/mol. The highest BCUT2D eigenvalue weighted by Crippen LogP contribution is 2.35. The van der Waals surface area contributed by atoms with Crippen molar-refractivity contribution in [2.45, 2.75) is 43.6 Å². The Bertz CT molecular complexity index is 1230. The Kier molecular flexibility index (Phi) is 1.07. The van der Waals surface area contributed by atoms with Crippen LogP contribution in [0.5, 0.6) is 0 Å². The lowest BCUT2D eigenvalue weighted by Crippen LogP contribution is -2.43. The van der Waals surface area contributed by atoms with Crippen molar-refractivity contribution in [2.24, 2.45) is 0 Å². The fourth-order valence-corrected chi connectivity index (χ4v) is 2.14. The zero-order valence-electron chi connectivity index (χ0n) is 25.6. The van der Waals surface area contributed by atoms with Crippen molar-refractivity contribution >= 4 is 16.9 Å². The summed E-state index contributed by atoms with van der Waals surface area (Å²) in [5.74, 6) is -1.55. The Labute approximate surface area is 145 Å². The minimum Gasteiger partial charge on any atom is -0.459 e. The maximum atomic E-state index is 13.1. The third-order valence-electron chi connectivity index (χ3n) is 3.15. The number of H-pyrrole nitrogens is 1. The summed E-state index contributed by atoms with van der Waals surface area (Å²) in [6.07, 6.45) is -18.8. The number of para-hydroxylation sites is 1. The molecule has 1 unspecified atom stereocenters. The lowest BCUT2D eigenvalue weighted by Gasteiger charge is -2.35. The van der Waals surface area contributed by atoms with Gasteiger partial charge in [-0.2, -0.15) is 0 Å². The van der Waals surface area contributed by atoms with E-state index in [1.54, 1.807) is 0 Å². The van der Waals surface area contributed by atoms with Gasteiger partial charge in [-0.25, -0.2) is 4.79 Å². The molecule has 3 atom stereocenters. The van der Waals surface area contributed by atoms with E-state index in [0.29, 0.717) is 5.52 Å². The monoisotopic (exact) mass is 299 g/mol. The molecule has 2 bridgehead atoms. The Morgan fingerprint density at radius 1 is 1.52 bits per heavy atom. The van der Waals surface area contributed by atoms with Gasteiger partial charge in [-0.3, -0.25) is 0 Å². The lowest BCUT2D eigenvalue weighted by atomic mass is 10.0. The molecular formula is C17H20N2O2. The fourth-order valence-electron chi connectivity index (χ4n) is 2.14. The van der Waals surface area contributed by atoms with Crippen molar-refractivity contribution < 1.29 is 30.1 Å². The maximum absolute atomic E-state index is 13.1. The van der Waals surface area contributed by atoms with E-state index in [1.165, 1.54) is 18.2 Å². The van der Waals surface area contributed by atoms with E-state index in [4.69, 9.17) is 25.3 Å². The van der Waals surface area contributed by atoms with Gasteiger partial charge in [0.15, 0.2) is 0 Å². The van der Waals surface area contributed by atoms with Crippen molar-refractivity contribution in [1.29, 1.82) is 0 Å². The number of esters is 1. The van der Waals surface area contributed by atoms with Crippen LogP contribution < -0.4 is 0 Å². The average Bonchev–Trinajstić information content (AvgIpc) is 3.17. The summed E-state index contributed by atoms with van der Waals surface area (Å²) < 4.78 is 129. The summed E-state index contributed by atoms with van der Waals surface area (Å²) in [6, 6.07) is -3.87. The number of rotatable bonds is 2. The standard InChI is InChI=1S/C17H20N2O2/c1-19-11-6-7-12(19)9-13(8-11)21-17(20)15-10-18-16-5-3-2-4-14(15)16/h2-5,10-13,18H,6-9H2,1H3/t11-,12+,13?/i1D3,2D,6D2,7D2,8D2,9D2,11D,12D,13D. The minimum absolute atomic E-state index is 0.0389. The van der Waals surface area contributed by atoms with E-state index < -0.39 is 61.5 Å². The second-order valence-electron chi connectivity index (χ2n) is 4.43. The second-order valence-corrected chi connectivity index (χ2v) is 4.43. The van der Waals surface area contributed by atoms with Crippen molar-refractivity contribution in [3.63, 3.8) is 0 Å². The number of benzene rings is 1. The molecule has 1 aromatic carbocycles. The van der Waals surface area contributed by atoms with Gasteiger partial charge >= 0.3 is 5.97 Å². The van der Waals surface area contributed by atoms with Crippen molar-refractivity contribution in [3.8, 4) is 0 Å². The van der Waals surface area contributed by atoms with Crippen LogP contribution in [0.4, 0.5) is 0 Å². The zero-order chi connectivity index (χ0) is 27.7. The van der Waals surface area contributed by atoms with Gasteiger partial charge in [0.25, 0.3) is 0 Å². The van der Waals surface area contributed by atoms with E-state index in [9.17, 15) is 4.79 Å². The molecule has 2 saturated heterocycles. The highest BCUT2D eigenvalue weighted by molar-refractivity contribution is 6.04. The Morgan fingerprint density at radius 3 is 3.10 bits per heavy atom. The molecule has 110 valence electrons. The number of ether oxygens (including phenoxy) is 1. The van der Waals surface area contributed by atoms with Crippen molar-refractivity contribution in [2.75, 3.05) is 6.98 Å². The Balaban J connectivity index is 1.99. The fraction of sp³-hybridized carbons (Fsp3) is 0.471. The summed E-state index contributed by atoms with van der Waals surface area (Å²) in [7, 11) is 0. The van der Waals surface area contributed by atoms with Gasteiger partial charge in [-0.05, 0) is 25.8 Å². The molecule has 2 aliphatic heterocycles. The number of nitrogens with one attached hydrogen (secondary N) is 1. The number of nitrogens with zero attached hydrogens (tertiary/aromatic N) is 1. The van der Waals surface area contributed by atoms with Gasteiger partial charge in [-0.1, -0.05) is 18.2 Å². The summed E-state index contributed by atoms with van der Waals surface area (Å²) in [5.41, 5.74) is -0.0612. The molecular weight excluding hydrogens is 264 g/mol. The van der Waals surface area contributed by atoms with Crippen molar-refractivity contribution in [3.05, 3.63) is 36.0 Å². The van der Waals surface area contributed by atoms with Crippen LogP contribution in [0.1, 0.15) is 56.4 Å². The topological polar surface area (TPSA) is 45.3 Å². The van der Waals surface area contributed by atoms with Gasteiger partial charge in [0, 0.05) is 59.7 Å². The third kappa shape index (κ3) is 2.14. The summed E-state index contributed by atoms with van der Waals surface area (Å²) in [5, 5.41) is 0.0759. The predicted molar refractivity (Wildman–Crippen MR) is 81.3 cm³/mol. The molecule has 0 aliphatic carbocycles. The van der Waals surface area contributed by atoms with Crippen LogP contribution in [0.3, 0.4) is 0 Å². The summed E-state index contributed by atoms with van der Waals surface area (Å²) in [6.45, 7) is -3.77. The van der Waals surface area contributed by atoms with Crippen LogP contribution in [0.25, 0.3) is 10.9 Å². The largest absolute Gasteiger partial charge is 0.459 e. The third-order valence-corrected chi connectivity index (χ3v) is 3.15. The van der Waals surface area contributed by atoms with Crippen LogP contribution in [-0.2, 0) is 4.74 Å². The maximum Gasteiger partial charge on any atom is 0.340 e. The first kappa shape index (κ1) is 4.59. The van der Waals surface area contributed by atoms with Crippen LogP contribution in [0.15, 0.2) is 30.4 Å². The van der Waals surface area contributed by atoms with E-state index in [2.05, 4.69) is 4.98 Å². The van der Waals surface area contributed by atoms with Crippen LogP contribution in [0, 0.1) is 0 Å². The van der Waals surface area contributed by atoms with Gasteiger partial charge < -0.3 is 14.6 Å². The highest BCUT2D eigenvalue weighted by atomic mass is 16.5. The van der Waals surface area contributed by atoms with Gasteiger partial charge in [0.1, 0.15) is 6.08 Å². The number of carbonyl (C=O) groups excluding carboxylic acids is 1. The van der Waals surface area contributed by atoms with E-state index in [-0.39, 0.29) is 17.0 Å². The number of aromatic nitrogens is 1. The van der Waals surface area contributed by atoms with Crippen molar-refractivity contribution in [1.82, 2.24) is 9.88 Å². The number of aromatic amines is 1. The SMILES string of the molecule is [2H]c1ccc2[nH]cc(C(=O)OC3([2H])C([2H])([2H])[C@]4([2H])N(C([2H])([2H])[2H])[C@]([2H])(C3([2H])[2H])C([2H])([2H])C4([2H])[2H])c2c1. The predicted octanol–water partition coefficient (Wildman–Crippen LogP) is 2.95. The van der Waals surface area contributed by atoms with Crippen LogP contribution in [-0.4, -0.2) is 40.9 Å². The first-order chi connectivity index (χ1) is 16.0. The van der Waals surface area contributed by atoms with Crippen LogP contribution in [0.2, 0.25) is 0 Å². The quantitative estimate of drug-likeness (QED) is 0.867. The first-order valence-corrected chi connectivity index (χ1v) is 6.10. The smallest absolute Gasteiger partial charge is 0.340 e.